The summed E-state index contributed by atoms with van der Waals surface area (Å²) in [6, 6.07) is 1.75. The Morgan fingerprint density at radius 1 is 1.32 bits per heavy atom. The molecule has 0 aromatic carbocycles. The first kappa shape index (κ1) is 16.0. The lowest BCUT2D eigenvalue weighted by Crippen LogP contribution is -2.45. The number of hydrogen-bond acceptors (Lipinski definition) is 7. The molecule has 0 spiro atoms. The zero-order valence-corrected chi connectivity index (χ0v) is 13.9. The van der Waals surface area contributed by atoms with Gasteiger partial charge in [-0.15, -0.1) is 0 Å². The zero-order valence-electron chi connectivity index (χ0n) is 13.9. The molecule has 25 heavy (non-hydrogen) atoms. The normalized spacial score (nSPS) is 22.7. The first-order chi connectivity index (χ1) is 12.1. The maximum atomic E-state index is 12.4. The number of nitrogens with one attached hydrogen (secondary N) is 1. The van der Waals surface area contributed by atoms with Gasteiger partial charge in [0.1, 0.15) is 11.4 Å². The molecule has 2 aliphatic rings. The molecule has 0 radical (unpaired) electrons. The summed E-state index contributed by atoms with van der Waals surface area (Å²) < 4.78 is 5.28. The van der Waals surface area contributed by atoms with Gasteiger partial charge in [0.05, 0.1) is 6.54 Å². The van der Waals surface area contributed by atoms with Gasteiger partial charge in [0, 0.05) is 37.5 Å². The number of aromatic nitrogens is 3. The Hall–Kier alpha value is -2.48. The molecule has 2 aromatic heterocycles. The van der Waals surface area contributed by atoms with E-state index in [1.54, 1.807) is 18.5 Å². The first-order valence-corrected chi connectivity index (χ1v) is 8.65. The highest BCUT2D eigenvalue weighted by Gasteiger charge is 2.38. The Labute approximate surface area is 145 Å². The fourth-order valence-corrected chi connectivity index (χ4v) is 3.52. The summed E-state index contributed by atoms with van der Waals surface area (Å²) in [6.45, 7) is 1.20. The van der Waals surface area contributed by atoms with Gasteiger partial charge >= 0.3 is 0 Å². The van der Waals surface area contributed by atoms with Crippen LogP contribution in [-0.4, -0.2) is 51.4 Å². The smallest absolute Gasteiger partial charge is 0.273 e. The zero-order chi connectivity index (χ0) is 17.3. The molecular formula is C17H21N5O3. The number of amides is 1. The van der Waals surface area contributed by atoms with Gasteiger partial charge in [-0.3, -0.25) is 4.79 Å². The van der Waals surface area contributed by atoms with Crippen LogP contribution in [0.4, 0.5) is 5.95 Å². The Morgan fingerprint density at radius 3 is 2.96 bits per heavy atom. The predicted octanol–water partition coefficient (Wildman–Crippen LogP) is 0.715. The van der Waals surface area contributed by atoms with E-state index in [1.165, 1.54) is 0 Å². The van der Waals surface area contributed by atoms with Crippen molar-refractivity contribution in [2.45, 2.75) is 37.7 Å². The molecule has 8 nitrogen and oxygen atoms in total. The molecule has 132 valence electrons. The van der Waals surface area contributed by atoms with Crippen molar-refractivity contribution in [1.82, 2.24) is 20.4 Å². The van der Waals surface area contributed by atoms with Gasteiger partial charge in [-0.25, -0.2) is 9.97 Å². The fraction of sp³-hybridized carbons (Fsp3) is 0.529. The van der Waals surface area contributed by atoms with Crippen molar-refractivity contribution in [3.8, 4) is 0 Å². The lowest BCUT2D eigenvalue weighted by Gasteiger charge is -2.23. The van der Waals surface area contributed by atoms with Crippen molar-refractivity contribution < 1.29 is 14.4 Å². The van der Waals surface area contributed by atoms with Crippen LogP contribution in [0.1, 0.15) is 41.1 Å². The van der Waals surface area contributed by atoms with Crippen molar-refractivity contribution in [1.29, 1.82) is 0 Å². The molecule has 1 amide bonds. The van der Waals surface area contributed by atoms with E-state index in [2.05, 4.69) is 20.4 Å². The van der Waals surface area contributed by atoms with Gasteiger partial charge in [0.2, 0.25) is 5.95 Å². The molecule has 8 heteroatoms. The van der Waals surface area contributed by atoms with Crippen LogP contribution in [0.3, 0.4) is 0 Å². The number of fused-ring (bicyclic) bond motifs is 1. The van der Waals surface area contributed by atoms with Crippen molar-refractivity contribution in [2.75, 3.05) is 24.5 Å². The molecule has 1 aliphatic heterocycles. The molecule has 1 saturated heterocycles. The number of rotatable bonds is 4. The number of β-amino-alcohol motifs (C(OH)–C–C–N with tert-alkyl or cyclic N) is 1. The lowest BCUT2D eigenvalue weighted by molar-refractivity contribution is 0.0572. The summed E-state index contributed by atoms with van der Waals surface area (Å²) in [5.41, 5.74) is 0.277. The van der Waals surface area contributed by atoms with Crippen molar-refractivity contribution >= 4 is 11.9 Å². The molecule has 1 aliphatic carbocycles. The Bertz CT molecular complexity index is 763. The minimum atomic E-state index is -1.00. The molecule has 2 aromatic rings. The summed E-state index contributed by atoms with van der Waals surface area (Å²) in [5, 5.41) is 17.5. The standard InChI is InChI=1S/C17H21N5O3/c23-15(14-12-4-1-2-5-13(12)25-21-14)20-10-17(24)6-9-22(11-17)16-18-7-3-8-19-16/h3,7-8,24H,1-2,4-6,9-11H2,(H,20,23)/t17-/m1/s1. The first-order valence-electron chi connectivity index (χ1n) is 8.65. The van der Waals surface area contributed by atoms with Gasteiger partial charge in [0.25, 0.3) is 5.91 Å². The molecule has 4 rings (SSSR count). The topological polar surface area (TPSA) is 104 Å². The van der Waals surface area contributed by atoms with Gasteiger partial charge in [0.15, 0.2) is 5.69 Å². The van der Waals surface area contributed by atoms with Crippen LogP contribution in [0.2, 0.25) is 0 Å². The summed E-state index contributed by atoms with van der Waals surface area (Å²) in [4.78, 5) is 22.8. The Morgan fingerprint density at radius 2 is 2.12 bits per heavy atom. The molecule has 0 bridgehead atoms. The van der Waals surface area contributed by atoms with Crippen LogP contribution in [0.15, 0.2) is 23.0 Å². The predicted molar refractivity (Wildman–Crippen MR) is 89.3 cm³/mol. The highest BCUT2D eigenvalue weighted by molar-refractivity contribution is 5.93. The van der Waals surface area contributed by atoms with Crippen LogP contribution >= 0.6 is 0 Å². The Balaban J connectivity index is 1.38. The van der Waals surface area contributed by atoms with Crippen molar-refractivity contribution in [3.05, 3.63) is 35.5 Å². The summed E-state index contributed by atoms with van der Waals surface area (Å²) in [6.07, 6.45) is 7.67. The molecule has 2 N–H and O–H groups in total. The van der Waals surface area contributed by atoms with E-state index in [9.17, 15) is 9.90 Å². The lowest BCUT2D eigenvalue weighted by atomic mass is 9.96. The minimum Gasteiger partial charge on any atom is -0.386 e. The maximum Gasteiger partial charge on any atom is 0.273 e. The second-order valence-corrected chi connectivity index (χ2v) is 6.77. The third-order valence-corrected chi connectivity index (χ3v) is 4.91. The van der Waals surface area contributed by atoms with Crippen LogP contribution in [0, 0.1) is 0 Å². The van der Waals surface area contributed by atoms with E-state index < -0.39 is 5.60 Å². The number of aliphatic hydroxyl groups is 1. The highest BCUT2D eigenvalue weighted by atomic mass is 16.5. The molecule has 3 heterocycles. The summed E-state index contributed by atoms with van der Waals surface area (Å²) in [7, 11) is 0. The van der Waals surface area contributed by atoms with Crippen LogP contribution < -0.4 is 10.2 Å². The fourth-order valence-electron chi connectivity index (χ4n) is 3.52. The van der Waals surface area contributed by atoms with Crippen LogP contribution in [0.25, 0.3) is 0 Å². The average molecular weight is 343 g/mol. The second kappa shape index (κ2) is 6.44. The SMILES string of the molecule is O=C(NC[C@]1(O)CCN(c2ncccn2)C1)c1noc2c1CCCC2. The van der Waals surface area contributed by atoms with E-state index in [4.69, 9.17) is 4.52 Å². The quantitative estimate of drug-likeness (QED) is 0.842. The van der Waals surface area contributed by atoms with Crippen molar-refractivity contribution in [3.63, 3.8) is 0 Å². The van der Waals surface area contributed by atoms with Crippen LogP contribution in [0.5, 0.6) is 0 Å². The third kappa shape index (κ3) is 3.21. The molecular weight excluding hydrogens is 322 g/mol. The minimum absolute atomic E-state index is 0.163. The average Bonchev–Trinajstić information content (AvgIpc) is 3.25. The van der Waals surface area contributed by atoms with E-state index in [0.717, 1.165) is 37.0 Å². The van der Waals surface area contributed by atoms with E-state index in [1.807, 2.05) is 4.90 Å². The maximum absolute atomic E-state index is 12.4. The largest absolute Gasteiger partial charge is 0.386 e. The number of carbonyl (C=O) groups is 1. The summed E-state index contributed by atoms with van der Waals surface area (Å²) >= 11 is 0. The molecule has 0 saturated carbocycles. The van der Waals surface area contributed by atoms with E-state index in [-0.39, 0.29) is 12.5 Å². The monoisotopic (exact) mass is 343 g/mol. The molecule has 0 unspecified atom stereocenters. The number of hydrogen-bond donors (Lipinski definition) is 2. The summed E-state index contributed by atoms with van der Waals surface area (Å²) in [5.74, 6) is 1.13. The highest BCUT2D eigenvalue weighted by Crippen LogP contribution is 2.25. The third-order valence-electron chi connectivity index (χ3n) is 4.91. The van der Waals surface area contributed by atoms with Crippen molar-refractivity contribution in [2.24, 2.45) is 0 Å². The number of aryl methyl sites for hydroxylation is 1. The number of carbonyl (C=O) groups excluding carboxylic acids is 1. The van der Waals surface area contributed by atoms with Gasteiger partial charge in [-0.2, -0.15) is 0 Å². The Kier molecular flexibility index (Phi) is 4.12. The number of nitrogens with zero attached hydrogens (tertiary/aromatic N) is 4. The van der Waals surface area contributed by atoms with Gasteiger partial charge in [-0.05, 0) is 31.7 Å². The number of anilines is 1. The second-order valence-electron chi connectivity index (χ2n) is 6.77. The van der Waals surface area contributed by atoms with E-state index in [0.29, 0.717) is 31.2 Å². The molecule has 1 fully saturated rings. The molecule has 1 atom stereocenters. The van der Waals surface area contributed by atoms with Crippen LogP contribution in [-0.2, 0) is 12.8 Å². The van der Waals surface area contributed by atoms with Gasteiger partial charge in [-0.1, -0.05) is 5.16 Å². The van der Waals surface area contributed by atoms with Gasteiger partial charge < -0.3 is 19.8 Å². The van der Waals surface area contributed by atoms with E-state index >= 15 is 0 Å².